The number of imidazole rings is 1. The van der Waals surface area contributed by atoms with Crippen LogP contribution in [0.4, 0.5) is 0 Å². The molecule has 1 atom stereocenters. The molecule has 0 aliphatic rings. The van der Waals surface area contributed by atoms with E-state index in [0.717, 1.165) is 23.3 Å². The molecule has 0 bridgehead atoms. The van der Waals surface area contributed by atoms with Gasteiger partial charge in [0.25, 0.3) is 0 Å². The fourth-order valence-corrected chi connectivity index (χ4v) is 2.80. The van der Waals surface area contributed by atoms with Crippen LogP contribution in [0.25, 0.3) is 0 Å². The van der Waals surface area contributed by atoms with E-state index in [2.05, 4.69) is 49.1 Å². The Labute approximate surface area is 236 Å². The van der Waals surface area contributed by atoms with E-state index in [1.807, 2.05) is 71.2 Å². The van der Waals surface area contributed by atoms with Gasteiger partial charge < -0.3 is 12.4 Å². The van der Waals surface area contributed by atoms with Gasteiger partial charge in [-0.2, -0.15) is 5.57 Å². The molecule has 168 valence electrons. The minimum absolute atomic E-state index is 0. The second-order valence-corrected chi connectivity index (χ2v) is 6.46. The maximum Gasteiger partial charge on any atom is 1.00 e. The van der Waals surface area contributed by atoms with E-state index in [4.69, 9.17) is 6.58 Å². The predicted octanol–water partition coefficient (Wildman–Crippen LogP) is 5.76. The average molecular weight is 448 g/mol. The van der Waals surface area contributed by atoms with Crippen molar-refractivity contribution >= 4 is 0 Å². The van der Waals surface area contributed by atoms with Crippen LogP contribution in [0.3, 0.4) is 0 Å². The summed E-state index contributed by atoms with van der Waals surface area (Å²) < 4.78 is 0. The fourth-order valence-electron chi connectivity index (χ4n) is 2.80. The number of hydrogen-bond donors (Lipinski definition) is 1. The maximum atomic E-state index is 5.90. The number of hydrogen-bond acceptors (Lipinski definition) is 1. The molecular formula is C28H44KN2-. The van der Waals surface area contributed by atoms with E-state index in [9.17, 15) is 0 Å². The van der Waals surface area contributed by atoms with E-state index in [-0.39, 0.29) is 70.1 Å². The zero-order chi connectivity index (χ0) is 22.7. The Morgan fingerprint density at radius 2 is 1.74 bits per heavy atom. The van der Waals surface area contributed by atoms with Crippen LogP contribution in [0.2, 0.25) is 0 Å². The minimum Gasteiger partial charge on any atom is -0.358 e. The maximum absolute atomic E-state index is 5.90. The third kappa shape index (κ3) is 14.7. The number of H-pyrrole nitrogens is 1. The number of rotatable bonds is 10. The van der Waals surface area contributed by atoms with E-state index in [1.54, 1.807) is 18.5 Å². The molecule has 1 aromatic heterocycles. The van der Waals surface area contributed by atoms with Crippen LogP contribution in [0.5, 0.6) is 0 Å². The van der Waals surface area contributed by atoms with Crippen molar-refractivity contribution in [2.45, 2.75) is 60.8 Å². The Morgan fingerprint density at radius 1 is 1.13 bits per heavy atom. The quantitative estimate of drug-likeness (QED) is 0.276. The molecule has 3 heteroatoms. The van der Waals surface area contributed by atoms with Gasteiger partial charge in [-0.25, -0.2) is 11.1 Å². The Morgan fingerprint density at radius 3 is 2.16 bits per heavy atom. The van der Waals surface area contributed by atoms with Gasteiger partial charge in [-0.1, -0.05) is 103 Å². The van der Waals surface area contributed by atoms with Crippen LogP contribution in [0, 0.1) is 19.4 Å². The molecule has 1 rings (SSSR count). The van der Waals surface area contributed by atoms with Crippen LogP contribution in [-0.2, 0) is 0 Å². The summed E-state index contributed by atoms with van der Waals surface area (Å²) in [4.78, 5) is 7.45. The van der Waals surface area contributed by atoms with Gasteiger partial charge in [0.05, 0.1) is 6.33 Å². The molecule has 1 aromatic rings. The van der Waals surface area contributed by atoms with Gasteiger partial charge in [0.1, 0.15) is 0 Å². The van der Waals surface area contributed by atoms with Crippen LogP contribution >= 0.6 is 0 Å². The predicted molar refractivity (Wildman–Crippen MR) is 138 cm³/mol. The normalized spacial score (nSPS) is 12.4. The van der Waals surface area contributed by atoms with Gasteiger partial charge in [0, 0.05) is 17.8 Å². The first-order chi connectivity index (χ1) is 14.0. The van der Waals surface area contributed by atoms with Crippen molar-refractivity contribution in [3.8, 4) is 0 Å². The number of nitrogens with zero attached hydrogens (tertiary/aromatic N) is 1. The molecule has 0 saturated carbocycles. The van der Waals surface area contributed by atoms with Crippen LogP contribution in [0.15, 0.2) is 91.5 Å². The molecule has 0 fully saturated rings. The van der Waals surface area contributed by atoms with E-state index < -0.39 is 0 Å². The van der Waals surface area contributed by atoms with Gasteiger partial charge in [-0.05, 0) is 18.9 Å². The molecule has 2 nitrogen and oxygen atoms in total. The third-order valence-electron chi connectivity index (χ3n) is 4.18. The molecule has 0 aromatic carbocycles. The molecule has 1 unspecified atom stereocenters. The minimum atomic E-state index is -0.119. The Balaban J connectivity index is -0.000000572. The largest absolute Gasteiger partial charge is 1.00 e. The van der Waals surface area contributed by atoms with Crippen LogP contribution in [0.1, 0.15) is 66.5 Å². The summed E-state index contributed by atoms with van der Waals surface area (Å²) in [7, 11) is 0. The topological polar surface area (TPSA) is 28.7 Å². The van der Waals surface area contributed by atoms with E-state index in [1.165, 1.54) is 0 Å². The first kappa shape index (κ1) is 37.3. The molecule has 0 aliphatic carbocycles. The van der Waals surface area contributed by atoms with E-state index in [0.29, 0.717) is 0 Å². The zero-order valence-corrected chi connectivity index (χ0v) is 24.7. The summed E-state index contributed by atoms with van der Waals surface area (Å²) in [6.45, 7) is 27.9. The van der Waals surface area contributed by atoms with Gasteiger partial charge >= 0.3 is 51.4 Å². The van der Waals surface area contributed by atoms with E-state index >= 15 is 0 Å². The fraction of sp³-hybridized carbons (Fsp3) is 0.357. The Bertz CT molecular complexity index is 687. The molecule has 0 radical (unpaired) electrons. The standard InChI is InChI=1S/C23H29N2.2C2H6.CH3.K/c1-7-11-14-19(13-9-3)21(22-17-24-18-25-22)16-23(5,6)20(10-4)15-12-8-2;2*1-2;;/h4,7-15,17-18,21H,1,3,16H2,2,5-6H3,(H,24,25);2*1-2H3;1H3;/q-1;;;-1;+1/b12-8-,14-11-,19-13+,20-15+;;;;. The Hall–Kier alpha value is -0.974. The molecule has 0 spiro atoms. The summed E-state index contributed by atoms with van der Waals surface area (Å²) in [5.41, 5.74) is 3.19. The summed E-state index contributed by atoms with van der Waals surface area (Å²) in [6, 6.07) is 0. The van der Waals surface area contributed by atoms with Crippen LogP contribution in [-0.4, -0.2) is 9.97 Å². The van der Waals surface area contributed by atoms with Gasteiger partial charge in [-0.15, -0.1) is 6.08 Å². The second kappa shape index (κ2) is 23.7. The SMILES string of the molecule is CC.CC.[CH-]=C/C(=C\C=C/C)C(C)(C)CC(C(/C=C\C=C)=C/C=C)c1cnc[nH]1.[CH3-].[K+]. The number of aromatic amines is 1. The number of nitrogens with one attached hydrogen (secondary N) is 1. The first-order valence-electron chi connectivity index (χ1n) is 10.5. The second-order valence-electron chi connectivity index (χ2n) is 6.46. The van der Waals surface area contributed by atoms with Crippen molar-refractivity contribution in [2.75, 3.05) is 0 Å². The molecule has 0 saturated heterocycles. The van der Waals surface area contributed by atoms with Crippen molar-refractivity contribution in [3.63, 3.8) is 0 Å². The molecule has 1 heterocycles. The number of allylic oxidation sites excluding steroid dienone is 11. The van der Waals surface area contributed by atoms with Crippen LogP contribution < -0.4 is 51.4 Å². The third-order valence-corrected chi connectivity index (χ3v) is 4.18. The molecule has 0 amide bonds. The molecule has 1 N–H and O–H groups in total. The zero-order valence-electron chi connectivity index (χ0n) is 21.6. The van der Waals surface area contributed by atoms with Crippen molar-refractivity contribution in [2.24, 2.45) is 5.41 Å². The van der Waals surface area contributed by atoms with Crippen molar-refractivity contribution < 1.29 is 51.4 Å². The molecule has 0 aliphatic heterocycles. The first-order valence-corrected chi connectivity index (χ1v) is 10.5. The van der Waals surface area contributed by atoms with Crippen molar-refractivity contribution in [1.82, 2.24) is 9.97 Å². The van der Waals surface area contributed by atoms with Crippen molar-refractivity contribution in [3.05, 3.63) is 111 Å². The summed E-state index contributed by atoms with van der Waals surface area (Å²) >= 11 is 0. The monoisotopic (exact) mass is 447 g/mol. The van der Waals surface area contributed by atoms with Gasteiger partial charge in [0.15, 0.2) is 0 Å². The summed E-state index contributed by atoms with van der Waals surface area (Å²) in [6.07, 6.45) is 21.9. The van der Waals surface area contributed by atoms with Gasteiger partial charge in [-0.3, -0.25) is 6.58 Å². The number of aromatic nitrogens is 2. The summed E-state index contributed by atoms with van der Waals surface area (Å²) in [5, 5.41) is 0. The molecule has 31 heavy (non-hydrogen) atoms. The summed E-state index contributed by atoms with van der Waals surface area (Å²) in [5.74, 6) is 0.139. The van der Waals surface area contributed by atoms with Crippen molar-refractivity contribution in [1.29, 1.82) is 0 Å². The molecular weight excluding hydrogens is 403 g/mol. The Kier molecular flexibility index (Phi) is 28.5. The van der Waals surface area contributed by atoms with Gasteiger partial charge in [0.2, 0.25) is 0 Å². The smallest absolute Gasteiger partial charge is 0.358 e. The average Bonchev–Trinajstić information content (AvgIpc) is 3.27.